The van der Waals surface area contributed by atoms with Gasteiger partial charge in [0.1, 0.15) is 5.92 Å². The molecule has 0 aromatic heterocycles. The molecule has 1 unspecified atom stereocenters. The number of carbonyl (C=O) groups excluding carboxylic acids is 3. The number of ether oxygens (including phenoxy) is 1. The van der Waals surface area contributed by atoms with Crippen LogP contribution in [0.15, 0.2) is 28.7 Å². The highest BCUT2D eigenvalue weighted by Crippen LogP contribution is 2.25. The molecule has 1 aromatic carbocycles. The van der Waals surface area contributed by atoms with E-state index in [4.69, 9.17) is 4.74 Å². The van der Waals surface area contributed by atoms with Gasteiger partial charge in [-0.05, 0) is 24.1 Å². The second-order valence-electron chi connectivity index (χ2n) is 4.62. The van der Waals surface area contributed by atoms with Crippen LogP contribution in [-0.4, -0.2) is 43.0 Å². The number of hydrogen-bond acceptors (Lipinski definition) is 4. The lowest BCUT2D eigenvalue weighted by Gasteiger charge is -2.30. The number of imide groups is 2. The Balaban J connectivity index is 2.22. The van der Waals surface area contributed by atoms with Crippen LogP contribution in [-0.2, 0) is 14.3 Å². The van der Waals surface area contributed by atoms with Crippen molar-refractivity contribution in [1.29, 1.82) is 0 Å². The van der Waals surface area contributed by atoms with E-state index in [1.54, 1.807) is 31.4 Å². The smallest absolute Gasteiger partial charge is 0.330 e. The fraction of sp³-hybridized carbons (Fsp3) is 0.357. The summed E-state index contributed by atoms with van der Waals surface area (Å²) >= 11 is 3.31. The van der Waals surface area contributed by atoms with Crippen LogP contribution in [0.5, 0.6) is 0 Å². The molecule has 4 amide bonds. The van der Waals surface area contributed by atoms with Gasteiger partial charge in [-0.1, -0.05) is 28.1 Å². The number of benzene rings is 1. The zero-order chi connectivity index (χ0) is 15.4. The number of nitrogens with one attached hydrogen (secondary N) is 1. The first-order valence-electron chi connectivity index (χ1n) is 6.45. The summed E-state index contributed by atoms with van der Waals surface area (Å²) in [4.78, 5) is 37.3. The second kappa shape index (κ2) is 6.82. The molecule has 0 aliphatic carbocycles. The summed E-state index contributed by atoms with van der Waals surface area (Å²) in [7, 11) is 1.55. The number of hydrogen-bond donors (Lipinski definition) is 1. The zero-order valence-electron chi connectivity index (χ0n) is 11.5. The SMILES string of the molecule is COCCCN1C(=O)NC(=O)C(c2cccc(Br)c2)C1=O. The number of urea groups is 1. The fourth-order valence-electron chi connectivity index (χ4n) is 2.17. The maximum atomic E-state index is 12.4. The van der Waals surface area contributed by atoms with Crippen molar-refractivity contribution >= 4 is 33.8 Å². The molecule has 7 heteroatoms. The second-order valence-corrected chi connectivity index (χ2v) is 5.53. The Morgan fingerprint density at radius 1 is 1.33 bits per heavy atom. The van der Waals surface area contributed by atoms with Crippen LogP contribution >= 0.6 is 15.9 Å². The molecule has 1 aromatic rings. The minimum Gasteiger partial charge on any atom is -0.385 e. The molecule has 1 heterocycles. The van der Waals surface area contributed by atoms with E-state index in [0.29, 0.717) is 18.6 Å². The molecule has 2 rings (SSSR count). The standard InChI is InChI=1S/C14H15BrN2O4/c1-21-7-3-6-17-13(19)11(12(18)16-14(17)20)9-4-2-5-10(15)8-9/h2,4-5,8,11H,3,6-7H2,1H3,(H,16,18,20). The van der Waals surface area contributed by atoms with Gasteiger partial charge in [0.2, 0.25) is 11.8 Å². The number of rotatable bonds is 5. The third-order valence-corrected chi connectivity index (χ3v) is 3.66. The molecule has 0 saturated carbocycles. The Hall–Kier alpha value is -1.73. The molecule has 21 heavy (non-hydrogen) atoms. The monoisotopic (exact) mass is 354 g/mol. The first-order chi connectivity index (χ1) is 10.0. The normalized spacial score (nSPS) is 18.9. The molecule has 112 valence electrons. The molecular weight excluding hydrogens is 340 g/mol. The molecular formula is C14H15BrN2O4. The highest BCUT2D eigenvalue weighted by atomic mass is 79.9. The van der Waals surface area contributed by atoms with Crippen molar-refractivity contribution in [2.45, 2.75) is 12.3 Å². The van der Waals surface area contributed by atoms with Gasteiger partial charge in [0.15, 0.2) is 0 Å². The lowest BCUT2D eigenvalue weighted by molar-refractivity contribution is -0.138. The van der Waals surface area contributed by atoms with Gasteiger partial charge < -0.3 is 4.74 Å². The van der Waals surface area contributed by atoms with E-state index in [-0.39, 0.29) is 6.54 Å². The molecule has 1 atom stereocenters. The highest BCUT2D eigenvalue weighted by molar-refractivity contribution is 9.10. The summed E-state index contributed by atoms with van der Waals surface area (Å²) < 4.78 is 5.68. The lowest BCUT2D eigenvalue weighted by atomic mass is 9.95. The Kier molecular flexibility index (Phi) is 5.08. The molecule has 6 nitrogen and oxygen atoms in total. The van der Waals surface area contributed by atoms with E-state index in [9.17, 15) is 14.4 Å². The predicted molar refractivity (Wildman–Crippen MR) is 78.6 cm³/mol. The van der Waals surface area contributed by atoms with Gasteiger partial charge in [0.05, 0.1) is 0 Å². The van der Waals surface area contributed by atoms with Crippen LogP contribution in [0.3, 0.4) is 0 Å². The third kappa shape index (κ3) is 3.48. The van der Waals surface area contributed by atoms with E-state index in [1.807, 2.05) is 0 Å². The Morgan fingerprint density at radius 2 is 2.10 bits per heavy atom. The van der Waals surface area contributed by atoms with Crippen molar-refractivity contribution in [3.05, 3.63) is 34.3 Å². The quantitative estimate of drug-likeness (QED) is 0.644. The highest BCUT2D eigenvalue weighted by Gasteiger charge is 2.41. The summed E-state index contributed by atoms with van der Waals surface area (Å²) in [5, 5.41) is 2.23. The van der Waals surface area contributed by atoms with Crippen molar-refractivity contribution < 1.29 is 19.1 Å². The predicted octanol–water partition coefficient (Wildman–Crippen LogP) is 1.65. The van der Waals surface area contributed by atoms with Crippen LogP contribution in [0.1, 0.15) is 17.9 Å². The molecule has 0 radical (unpaired) electrons. The van der Waals surface area contributed by atoms with E-state index in [0.717, 1.165) is 9.37 Å². The molecule has 0 spiro atoms. The molecule has 1 fully saturated rings. The van der Waals surface area contributed by atoms with Gasteiger partial charge in [-0.25, -0.2) is 4.79 Å². The van der Waals surface area contributed by atoms with E-state index in [2.05, 4.69) is 21.2 Å². The maximum Gasteiger partial charge on any atom is 0.330 e. The van der Waals surface area contributed by atoms with Gasteiger partial charge in [-0.15, -0.1) is 0 Å². The average molecular weight is 355 g/mol. The van der Waals surface area contributed by atoms with E-state index < -0.39 is 23.8 Å². The number of methoxy groups -OCH3 is 1. The van der Waals surface area contributed by atoms with Gasteiger partial charge in [0.25, 0.3) is 0 Å². The van der Waals surface area contributed by atoms with Crippen molar-refractivity contribution in [3.63, 3.8) is 0 Å². The molecule has 1 aliphatic rings. The number of amides is 4. The van der Waals surface area contributed by atoms with Gasteiger partial charge in [-0.3, -0.25) is 19.8 Å². The minimum absolute atomic E-state index is 0.219. The fourth-order valence-corrected chi connectivity index (χ4v) is 2.59. The Morgan fingerprint density at radius 3 is 2.76 bits per heavy atom. The number of barbiturate groups is 1. The van der Waals surface area contributed by atoms with Crippen molar-refractivity contribution in [2.75, 3.05) is 20.3 Å². The maximum absolute atomic E-state index is 12.4. The minimum atomic E-state index is -0.997. The van der Waals surface area contributed by atoms with Crippen LogP contribution in [0.4, 0.5) is 4.79 Å². The van der Waals surface area contributed by atoms with Crippen molar-refractivity contribution in [2.24, 2.45) is 0 Å². The van der Waals surface area contributed by atoms with Crippen LogP contribution < -0.4 is 5.32 Å². The number of halogens is 1. The van der Waals surface area contributed by atoms with Crippen molar-refractivity contribution in [3.8, 4) is 0 Å². The largest absolute Gasteiger partial charge is 0.385 e. The zero-order valence-corrected chi connectivity index (χ0v) is 13.1. The Labute approximate surface area is 130 Å². The number of nitrogens with zero attached hydrogens (tertiary/aromatic N) is 1. The van der Waals surface area contributed by atoms with Crippen LogP contribution in [0.2, 0.25) is 0 Å². The van der Waals surface area contributed by atoms with E-state index in [1.165, 1.54) is 0 Å². The summed E-state index contributed by atoms with van der Waals surface area (Å²) in [6.07, 6.45) is 0.523. The summed E-state index contributed by atoms with van der Waals surface area (Å²) in [5.41, 5.74) is 0.552. The third-order valence-electron chi connectivity index (χ3n) is 3.16. The van der Waals surface area contributed by atoms with Gasteiger partial charge in [-0.2, -0.15) is 0 Å². The topological polar surface area (TPSA) is 75.7 Å². The van der Waals surface area contributed by atoms with Gasteiger partial charge >= 0.3 is 6.03 Å². The molecule has 1 aliphatic heterocycles. The summed E-state index contributed by atoms with van der Waals surface area (Å²) in [5.74, 6) is -2.09. The van der Waals surface area contributed by atoms with Crippen molar-refractivity contribution in [1.82, 2.24) is 10.2 Å². The summed E-state index contributed by atoms with van der Waals surface area (Å²) in [6.45, 7) is 0.656. The Bertz CT molecular complexity index is 576. The van der Waals surface area contributed by atoms with Crippen LogP contribution in [0.25, 0.3) is 0 Å². The molecule has 1 saturated heterocycles. The summed E-state index contributed by atoms with van der Waals surface area (Å²) in [6, 6.07) is 6.26. The lowest BCUT2D eigenvalue weighted by Crippen LogP contribution is -2.57. The van der Waals surface area contributed by atoms with Crippen LogP contribution in [0, 0.1) is 0 Å². The van der Waals surface area contributed by atoms with Gasteiger partial charge in [0, 0.05) is 24.7 Å². The number of carbonyl (C=O) groups is 3. The first-order valence-corrected chi connectivity index (χ1v) is 7.24. The first kappa shape index (κ1) is 15.7. The molecule has 1 N–H and O–H groups in total. The average Bonchev–Trinajstić information content (AvgIpc) is 2.42. The molecule has 0 bridgehead atoms. The van der Waals surface area contributed by atoms with E-state index >= 15 is 0 Å².